The summed E-state index contributed by atoms with van der Waals surface area (Å²) in [6, 6.07) is 4.13. The molecule has 0 saturated carbocycles. The molecule has 3 aromatic heterocycles. The van der Waals surface area contributed by atoms with E-state index in [1.54, 1.807) is 12.7 Å². The molecule has 0 bridgehead atoms. The van der Waals surface area contributed by atoms with Crippen molar-refractivity contribution < 1.29 is 0 Å². The molecule has 0 aliphatic carbocycles. The van der Waals surface area contributed by atoms with E-state index in [1.165, 1.54) is 0 Å². The minimum Gasteiger partial charge on any atom is -0.272 e. The summed E-state index contributed by atoms with van der Waals surface area (Å²) in [6.07, 6.45) is 8.05. The highest BCUT2D eigenvalue weighted by molar-refractivity contribution is 5.60. The standard InChI is InChI=1S/C14H16N6/c1-3-6-20-13(4-5-18-20)12-7-11(2)14(15-8-12)19-9-16-17-10-19/h4-5,7-10H,3,6H2,1-2H3. The van der Waals surface area contributed by atoms with E-state index in [1.807, 2.05) is 34.6 Å². The van der Waals surface area contributed by atoms with Crippen molar-refractivity contribution in [2.24, 2.45) is 0 Å². The van der Waals surface area contributed by atoms with Crippen molar-refractivity contribution >= 4 is 0 Å². The van der Waals surface area contributed by atoms with Gasteiger partial charge in [0.1, 0.15) is 18.5 Å². The summed E-state index contributed by atoms with van der Waals surface area (Å²) in [6.45, 7) is 5.09. The number of pyridine rings is 1. The number of aryl methyl sites for hydroxylation is 2. The van der Waals surface area contributed by atoms with Crippen LogP contribution < -0.4 is 0 Å². The van der Waals surface area contributed by atoms with Crippen LogP contribution in [0.25, 0.3) is 17.1 Å². The SMILES string of the molecule is CCCn1nccc1-c1cnc(-n2cnnc2)c(C)c1. The third-order valence-electron chi connectivity index (χ3n) is 3.16. The van der Waals surface area contributed by atoms with Crippen LogP contribution in [-0.2, 0) is 6.54 Å². The molecule has 0 amide bonds. The van der Waals surface area contributed by atoms with Crippen LogP contribution in [0.2, 0.25) is 0 Å². The topological polar surface area (TPSA) is 61.4 Å². The van der Waals surface area contributed by atoms with Crippen LogP contribution in [0.3, 0.4) is 0 Å². The zero-order valence-corrected chi connectivity index (χ0v) is 11.6. The van der Waals surface area contributed by atoms with Crippen molar-refractivity contribution in [2.45, 2.75) is 26.8 Å². The Hall–Kier alpha value is -2.50. The molecule has 0 radical (unpaired) electrons. The fourth-order valence-electron chi connectivity index (χ4n) is 2.26. The van der Waals surface area contributed by atoms with E-state index in [9.17, 15) is 0 Å². The number of nitrogens with zero attached hydrogens (tertiary/aromatic N) is 6. The Bertz CT molecular complexity index is 698. The molecule has 0 atom stereocenters. The Morgan fingerprint density at radius 2 is 2.00 bits per heavy atom. The lowest BCUT2D eigenvalue weighted by Crippen LogP contribution is -2.03. The van der Waals surface area contributed by atoms with Gasteiger partial charge in [0, 0.05) is 24.5 Å². The first-order valence-electron chi connectivity index (χ1n) is 6.63. The molecule has 0 unspecified atom stereocenters. The van der Waals surface area contributed by atoms with Gasteiger partial charge in [0.25, 0.3) is 0 Å². The number of aromatic nitrogens is 6. The van der Waals surface area contributed by atoms with Crippen molar-refractivity contribution in [2.75, 3.05) is 0 Å². The lowest BCUT2D eigenvalue weighted by molar-refractivity contribution is 0.609. The van der Waals surface area contributed by atoms with Gasteiger partial charge >= 0.3 is 0 Å². The zero-order valence-electron chi connectivity index (χ0n) is 11.6. The molecule has 0 N–H and O–H groups in total. The third-order valence-corrected chi connectivity index (χ3v) is 3.16. The van der Waals surface area contributed by atoms with Gasteiger partial charge in [-0.25, -0.2) is 4.98 Å². The van der Waals surface area contributed by atoms with E-state index in [0.717, 1.165) is 35.6 Å². The molecule has 0 aliphatic rings. The number of hydrogen-bond acceptors (Lipinski definition) is 4. The van der Waals surface area contributed by atoms with Crippen LogP contribution in [-0.4, -0.2) is 29.5 Å². The van der Waals surface area contributed by atoms with Crippen molar-refractivity contribution in [1.82, 2.24) is 29.5 Å². The molecule has 20 heavy (non-hydrogen) atoms. The minimum atomic E-state index is 0.848. The van der Waals surface area contributed by atoms with Gasteiger partial charge in [0.15, 0.2) is 0 Å². The fraction of sp³-hybridized carbons (Fsp3) is 0.286. The Kier molecular flexibility index (Phi) is 3.28. The molecule has 3 aromatic rings. The van der Waals surface area contributed by atoms with Gasteiger partial charge < -0.3 is 0 Å². The highest BCUT2D eigenvalue weighted by Gasteiger charge is 2.09. The van der Waals surface area contributed by atoms with Gasteiger partial charge in [-0.15, -0.1) is 10.2 Å². The average Bonchev–Trinajstić information content (AvgIpc) is 3.09. The molecule has 0 aliphatic heterocycles. The summed E-state index contributed by atoms with van der Waals surface area (Å²) in [5, 5.41) is 12.0. The van der Waals surface area contributed by atoms with Crippen molar-refractivity contribution in [3.63, 3.8) is 0 Å². The van der Waals surface area contributed by atoms with E-state index in [4.69, 9.17) is 0 Å². The smallest absolute Gasteiger partial charge is 0.142 e. The predicted octanol–water partition coefficient (Wildman–Crippen LogP) is 2.24. The van der Waals surface area contributed by atoms with Gasteiger partial charge in [0.2, 0.25) is 0 Å². The van der Waals surface area contributed by atoms with Crippen molar-refractivity contribution in [1.29, 1.82) is 0 Å². The molecule has 3 rings (SSSR count). The summed E-state index contributed by atoms with van der Waals surface area (Å²) >= 11 is 0. The molecular formula is C14H16N6. The van der Waals surface area contributed by atoms with Crippen LogP contribution in [0.5, 0.6) is 0 Å². The van der Waals surface area contributed by atoms with Crippen LogP contribution in [0, 0.1) is 6.92 Å². The predicted molar refractivity (Wildman–Crippen MR) is 75.4 cm³/mol. The average molecular weight is 268 g/mol. The van der Waals surface area contributed by atoms with Gasteiger partial charge in [-0.1, -0.05) is 6.92 Å². The van der Waals surface area contributed by atoms with E-state index >= 15 is 0 Å². The lowest BCUT2D eigenvalue weighted by Gasteiger charge is -2.09. The maximum absolute atomic E-state index is 4.52. The number of hydrogen-bond donors (Lipinski definition) is 0. The van der Waals surface area contributed by atoms with Crippen LogP contribution in [0.15, 0.2) is 37.2 Å². The molecule has 0 aromatic carbocycles. The van der Waals surface area contributed by atoms with Gasteiger partial charge in [-0.3, -0.25) is 9.25 Å². The molecule has 6 heteroatoms. The largest absolute Gasteiger partial charge is 0.272 e. The first-order valence-corrected chi connectivity index (χ1v) is 6.63. The zero-order chi connectivity index (χ0) is 13.9. The van der Waals surface area contributed by atoms with Gasteiger partial charge in [-0.2, -0.15) is 5.10 Å². The Morgan fingerprint density at radius 3 is 2.70 bits per heavy atom. The summed E-state index contributed by atoms with van der Waals surface area (Å²) in [5.74, 6) is 0.848. The van der Waals surface area contributed by atoms with Crippen LogP contribution in [0.1, 0.15) is 18.9 Å². The second kappa shape index (κ2) is 5.24. The van der Waals surface area contributed by atoms with E-state index in [2.05, 4.69) is 33.3 Å². The van der Waals surface area contributed by atoms with Crippen molar-refractivity contribution in [3.05, 3.63) is 42.7 Å². The summed E-state index contributed by atoms with van der Waals surface area (Å²) in [4.78, 5) is 4.52. The van der Waals surface area contributed by atoms with Gasteiger partial charge in [-0.05, 0) is 31.0 Å². The van der Waals surface area contributed by atoms with Crippen LogP contribution in [0.4, 0.5) is 0 Å². The Morgan fingerprint density at radius 1 is 1.20 bits per heavy atom. The fourth-order valence-corrected chi connectivity index (χ4v) is 2.26. The summed E-state index contributed by atoms with van der Waals surface area (Å²) in [5.41, 5.74) is 3.24. The highest BCUT2D eigenvalue weighted by atomic mass is 15.3. The molecule has 3 heterocycles. The summed E-state index contributed by atoms with van der Waals surface area (Å²) < 4.78 is 3.82. The molecule has 0 fully saturated rings. The maximum Gasteiger partial charge on any atom is 0.142 e. The Balaban J connectivity index is 2.00. The van der Waals surface area contributed by atoms with E-state index in [0.29, 0.717) is 0 Å². The number of rotatable bonds is 4. The Labute approximate surface area is 117 Å². The molecule has 0 saturated heterocycles. The van der Waals surface area contributed by atoms with Crippen molar-refractivity contribution in [3.8, 4) is 17.1 Å². The normalized spacial score (nSPS) is 10.9. The second-order valence-electron chi connectivity index (χ2n) is 4.67. The first-order chi connectivity index (χ1) is 9.79. The van der Waals surface area contributed by atoms with Gasteiger partial charge in [0.05, 0.1) is 5.69 Å². The van der Waals surface area contributed by atoms with E-state index in [-0.39, 0.29) is 0 Å². The monoisotopic (exact) mass is 268 g/mol. The van der Waals surface area contributed by atoms with Crippen LogP contribution >= 0.6 is 0 Å². The second-order valence-corrected chi connectivity index (χ2v) is 4.67. The minimum absolute atomic E-state index is 0.848. The molecular weight excluding hydrogens is 252 g/mol. The molecule has 6 nitrogen and oxygen atoms in total. The quantitative estimate of drug-likeness (QED) is 0.728. The lowest BCUT2D eigenvalue weighted by atomic mass is 10.1. The maximum atomic E-state index is 4.52. The third kappa shape index (κ3) is 2.20. The molecule has 102 valence electrons. The first kappa shape index (κ1) is 12.5. The summed E-state index contributed by atoms with van der Waals surface area (Å²) in [7, 11) is 0. The van der Waals surface area contributed by atoms with E-state index < -0.39 is 0 Å². The molecule has 0 spiro atoms. The highest BCUT2D eigenvalue weighted by Crippen LogP contribution is 2.22.